The molecule has 0 bridgehead atoms. The predicted octanol–water partition coefficient (Wildman–Crippen LogP) is 0.790. The Bertz CT molecular complexity index is 534. The molecule has 17 heavy (non-hydrogen) atoms. The Morgan fingerprint density at radius 1 is 1.06 bits per heavy atom. The van der Waals surface area contributed by atoms with Gasteiger partial charge in [0.25, 0.3) is 0 Å². The van der Waals surface area contributed by atoms with Gasteiger partial charge in [0.15, 0.2) is 5.82 Å². The van der Waals surface area contributed by atoms with Crippen LogP contribution in [0.5, 0.6) is 0 Å². The molecule has 0 radical (unpaired) electrons. The van der Waals surface area contributed by atoms with E-state index in [2.05, 4.69) is 25.1 Å². The van der Waals surface area contributed by atoms with Crippen LogP contribution in [0.2, 0.25) is 10.6 Å². The summed E-state index contributed by atoms with van der Waals surface area (Å²) in [5.74, 6) is 1.33. The van der Waals surface area contributed by atoms with E-state index in [1.807, 2.05) is 9.47 Å². The highest BCUT2D eigenvalue weighted by Crippen LogP contribution is 2.18. The molecule has 0 atom stereocenters. The summed E-state index contributed by atoms with van der Waals surface area (Å²) in [5, 5.41) is 8.04. The molecule has 3 rings (SSSR count). The van der Waals surface area contributed by atoms with E-state index in [-0.39, 0.29) is 10.6 Å². The third kappa shape index (κ3) is 2.03. The number of nitrogens with zero attached hydrogens (tertiary/aromatic N) is 7. The summed E-state index contributed by atoms with van der Waals surface area (Å²) in [5.41, 5.74) is 0. The van der Waals surface area contributed by atoms with Crippen LogP contribution in [0.3, 0.4) is 0 Å². The molecule has 0 amide bonds. The van der Waals surface area contributed by atoms with Crippen LogP contribution in [0.4, 0.5) is 5.95 Å². The molecule has 1 aliphatic heterocycles. The van der Waals surface area contributed by atoms with Gasteiger partial charge >= 0.3 is 0 Å². The average Bonchev–Trinajstić information content (AvgIpc) is 2.74. The van der Waals surface area contributed by atoms with E-state index in [9.17, 15) is 0 Å². The number of aromatic nitrogens is 6. The molecule has 7 nitrogen and oxygen atoms in total. The molecule has 88 valence electrons. The maximum atomic E-state index is 5.74. The molecule has 0 unspecified atom stereocenters. The summed E-state index contributed by atoms with van der Waals surface area (Å²) < 4.78 is 1.99. The zero-order valence-corrected chi connectivity index (χ0v) is 10.1. The lowest BCUT2D eigenvalue weighted by molar-refractivity contribution is 0.551. The number of anilines is 1. The summed E-state index contributed by atoms with van der Waals surface area (Å²) in [6.45, 7) is 2.11. The molecule has 0 spiro atoms. The van der Waals surface area contributed by atoms with E-state index in [0.29, 0.717) is 12.5 Å². The van der Waals surface area contributed by atoms with Crippen LogP contribution in [0.15, 0.2) is 6.33 Å². The predicted molar refractivity (Wildman–Crippen MR) is 60.9 cm³/mol. The second-order valence-corrected chi connectivity index (χ2v) is 4.21. The molecular weight excluding hydrogens is 265 g/mol. The Morgan fingerprint density at radius 2 is 1.82 bits per heavy atom. The third-order valence-corrected chi connectivity index (χ3v) is 2.83. The highest BCUT2D eigenvalue weighted by Gasteiger charge is 2.20. The van der Waals surface area contributed by atoms with Crippen molar-refractivity contribution in [3.05, 3.63) is 22.7 Å². The largest absolute Gasteiger partial charge is 0.331 e. The minimum Gasteiger partial charge on any atom is -0.331 e. The topological polar surface area (TPSA) is 72.6 Å². The van der Waals surface area contributed by atoms with Crippen molar-refractivity contribution < 1.29 is 0 Å². The van der Waals surface area contributed by atoms with Crippen LogP contribution < -0.4 is 4.90 Å². The van der Waals surface area contributed by atoms with Crippen LogP contribution in [0.25, 0.3) is 0 Å². The number of hydrogen-bond donors (Lipinski definition) is 0. The summed E-state index contributed by atoms with van der Waals surface area (Å²) in [4.78, 5) is 13.7. The van der Waals surface area contributed by atoms with E-state index in [0.717, 1.165) is 18.9 Å². The lowest BCUT2D eigenvalue weighted by atomic mass is 10.4. The third-order valence-electron chi connectivity index (χ3n) is 2.49. The molecule has 0 fully saturated rings. The van der Waals surface area contributed by atoms with Crippen molar-refractivity contribution in [1.82, 2.24) is 29.7 Å². The molecule has 2 aromatic heterocycles. The van der Waals surface area contributed by atoms with Gasteiger partial charge in [-0.15, -0.1) is 10.2 Å². The Balaban J connectivity index is 1.91. The molecule has 0 saturated carbocycles. The first-order valence-corrected chi connectivity index (χ1v) is 5.66. The first-order chi connectivity index (χ1) is 8.22. The fraction of sp³-hybridized carbons (Fsp3) is 0.375. The van der Waals surface area contributed by atoms with Gasteiger partial charge in [0.2, 0.25) is 16.5 Å². The molecule has 1 aliphatic rings. The minimum absolute atomic E-state index is 0.0899. The highest BCUT2D eigenvalue weighted by atomic mass is 35.5. The molecule has 9 heteroatoms. The van der Waals surface area contributed by atoms with Crippen molar-refractivity contribution in [2.24, 2.45) is 0 Å². The van der Waals surface area contributed by atoms with Gasteiger partial charge in [-0.25, -0.2) is 0 Å². The molecule has 2 aromatic rings. The average molecular weight is 272 g/mol. The van der Waals surface area contributed by atoms with Gasteiger partial charge in [0.05, 0.1) is 6.54 Å². The Labute approximate surface area is 106 Å². The van der Waals surface area contributed by atoms with Crippen LogP contribution in [0, 0.1) is 0 Å². The fourth-order valence-corrected chi connectivity index (χ4v) is 2.05. The van der Waals surface area contributed by atoms with Crippen LogP contribution in [0.1, 0.15) is 5.82 Å². The lowest BCUT2D eigenvalue weighted by Gasteiger charge is -2.26. The van der Waals surface area contributed by atoms with Crippen molar-refractivity contribution in [1.29, 1.82) is 0 Å². The molecule has 0 aromatic carbocycles. The van der Waals surface area contributed by atoms with E-state index in [1.54, 1.807) is 6.33 Å². The smallest absolute Gasteiger partial charge is 0.231 e. The molecular formula is C8H7Cl2N7. The normalized spacial score (nSPS) is 14.8. The lowest BCUT2D eigenvalue weighted by Crippen LogP contribution is -2.34. The summed E-state index contributed by atoms with van der Waals surface area (Å²) in [6, 6.07) is 0. The molecule has 0 saturated heterocycles. The fourth-order valence-electron chi connectivity index (χ4n) is 1.69. The Morgan fingerprint density at radius 3 is 2.59 bits per heavy atom. The number of halogens is 2. The van der Waals surface area contributed by atoms with Crippen molar-refractivity contribution in [3.8, 4) is 0 Å². The van der Waals surface area contributed by atoms with Gasteiger partial charge in [-0.05, 0) is 23.2 Å². The van der Waals surface area contributed by atoms with E-state index in [4.69, 9.17) is 23.2 Å². The van der Waals surface area contributed by atoms with Crippen LogP contribution in [-0.2, 0) is 13.1 Å². The Kier molecular flexibility index (Phi) is 2.56. The number of fused-ring (bicyclic) bond motifs is 1. The second-order valence-electron chi connectivity index (χ2n) is 3.54. The second kappa shape index (κ2) is 4.08. The van der Waals surface area contributed by atoms with Gasteiger partial charge in [-0.3, -0.25) is 0 Å². The zero-order chi connectivity index (χ0) is 11.8. The molecule has 0 N–H and O–H groups in total. The number of rotatable bonds is 1. The van der Waals surface area contributed by atoms with Gasteiger partial charge in [-0.2, -0.15) is 15.0 Å². The summed E-state index contributed by atoms with van der Waals surface area (Å²) in [7, 11) is 0. The highest BCUT2D eigenvalue weighted by molar-refractivity contribution is 6.31. The van der Waals surface area contributed by atoms with Crippen molar-refractivity contribution >= 4 is 29.2 Å². The standard InChI is InChI=1S/C8H7Cl2N7/c9-6-12-7(10)14-8(13-6)16-1-2-17-4-11-15-5(17)3-16/h4H,1-3H2. The number of hydrogen-bond acceptors (Lipinski definition) is 6. The van der Waals surface area contributed by atoms with Gasteiger partial charge < -0.3 is 9.47 Å². The van der Waals surface area contributed by atoms with E-state index >= 15 is 0 Å². The van der Waals surface area contributed by atoms with Crippen molar-refractivity contribution in [2.45, 2.75) is 13.1 Å². The van der Waals surface area contributed by atoms with Crippen LogP contribution >= 0.6 is 23.2 Å². The van der Waals surface area contributed by atoms with Gasteiger partial charge in [-0.1, -0.05) is 0 Å². The maximum absolute atomic E-state index is 5.74. The van der Waals surface area contributed by atoms with Crippen LogP contribution in [-0.4, -0.2) is 36.3 Å². The summed E-state index contributed by atoms with van der Waals surface area (Å²) in [6.07, 6.45) is 1.71. The van der Waals surface area contributed by atoms with Crippen molar-refractivity contribution in [2.75, 3.05) is 11.4 Å². The van der Waals surface area contributed by atoms with Crippen molar-refractivity contribution in [3.63, 3.8) is 0 Å². The molecule has 0 aliphatic carbocycles. The quantitative estimate of drug-likeness (QED) is 0.764. The molecule has 3 heterocycles. The maximum Gasteiger partial charge on any atom is 0.231 e. The van der Waals surface area contributed by atoms with E-state index in [1.165, 1.54) is 0 Å². The summed E-state index contributed by atoms with van der Waals surface area (Å²) >= 11 is 11.5. The van der Waals surface area contributed by atoms with Gasteiger partial charge in [0, 0.05) is 13.1 Å². The first kappa shape index (κ1) is 10.7. The SMILES string of the molecule is Clc1nc(Cl)nc(N2CCn3cnnc3C2)n1. The Hall–Kier alpha value is -1.47. The first-order valence-electron chi connectivity index (χ1n) is 4.91. The van der Waals surface area contributed by atoms with E-state index < -0.39 is 0 Å². The monoisotopic (exact) mass is 271 g/mol. The zero-order valence-electron chi connectivity index (χ0n) is 8.59. The van der Waals surface area contributed by atoms with Gasteiger partial charge in [0.1, 0.15) is 6.33 Å². The minimum atomic E-state index is 0.0899.